The largest absolute Gasteiger partial charge is 0.481 e. The Morgan fingerprint density at radius 3 is 2.12 bits per heavy atom. The maximum absolute atomic E-state index is 11.2. The van der Waals surface area contributed by atoms with Gasteiger partial charge in [0.1, 0.15) is 0 Å². The zero-order valence-electron chi connectivity index (χ0n) is 10.8. The molecule has 0 spiro atoms. The fourth-order valence-corrected chi connectivity index (χ4v) is 1.50. The average molecular weight is 246 g/mol. The lowest BCUT2D eigenvalue weighted by Gasteiger charge is -2.22. The van der Waals surface area contributed by atoms with Crippen LogP contribution < -0.4 is 0 Å². The zero-order valence-corrected chi connectivity index (χ0v) is 10.8. The number of carbonyl (C=O) groups is 2. The predicted octanol–water partition coefficient (Wildman–Crippen LogP) is 1.64. The van der Waals surface area contributed by atoms with E-state index in [1.807, 2.05) is 6.92 Å². The van der Waals surface area contributed by atoms with Gasteiger partial charge in [-0.25, -0.2) is 0 Å². The van der Waals surface area contributed by atoms with Crippen molar-refractivity contribution < 1.29 is 24.5 Å². The second kappa shape index (κ2) is 7.27. The molecule has 0 rings (SSSR count). The Labute approximate surface area is 102 Å². The van der Waals surface area contributed by atoms with Gasteiger partial charge in [0, 0.05) is 6.42 Å². The van der Waals surface area contributed by atoms with Gasteiger partial charge in [0.15, 0.2) is 0 Å². The first-order valence-electron chi connectivity index (χ1n) is 5.90. The minimum atomic E-state index is -1.23. The molecule has 3 atom stereocenters. The number of hydrogen-bond donors (Lipinski definition) is 2. The van der Waals surface area contributed by atoms with Crippen molar-refractivity contribution in [1.29, 1.82) is 0 Å². The molecular weight excluding hydrogens is 224 g/mol. The topological polar surface area (TPSA) is 83.8 Å². The van der Waals surface area contributed by atoms with Gasteiger partial charge in [-0.3, -0.25) is 9.59 Å². The molecule has 5 nitrogen and oxygen atoms in total. The number of aliphatic hydroxyl groups is 1. The highest BCUT2D eigenvalue weighted by molar-refractivity contribution is 5.71. The number of hydrogen-bond acceptors (Lipinski definition) is 4. The van der Waals surface area contributed by atoms with Crippen LogP contribution in [0.4, 0.5) is 0 Å². The van der Waals surface area contributed by atoms with Crippen molar-refractivity contribution in [2.45, 2.75) is 46.8 Å². The van der Waals surface area contributed by atoms with Gasteiger partial charge in [-0.15, -0.1) is 0 Å². The summed E-state index contributed by atoms with van der Waals surface area (Å²) in [5.74, 6) is -2.45. The van der Waals surface area contributed by atoms with Gasteiger partial charge >= 0.3 is 11.9 Å². The third-order valence-electron chi connectivity index (χ3n) is 2.85. The van der Waals surface area contributed by atoms with Crippen LogP contribution in [0.1, 0.15) is 40.5 Å². The van der Waals surface area contributed by atoms with Crippen LogP contribution in [0.15, 0.2) is 0 Å². The van der Waals surface area contributed by atoms with Crippen molar-refractivity contribution in [3.8, 4) is 0 Å². The Kier molecular flexibility index (Phi) is 6.80. The molecule has 3 unspecified atom stereocenters. The van der Waals surface area contributed by atoms with E-state index in [0.29, 0.717) is 6.42 Å². The highest BCUT2D eigenvalue weighted by atomic mass is 16.6. The number of carboxylic acid groups (broad SMARTS) is 1. The van der Waals surface area contributed by atoms with Crippen molar-refractivity contribution in [3.05, 3.63) is 0 Å². The van der Waals surface area contributed by atoms with Crippen LogP contribution in [0.2, 0.25) is 0 Å². The quantitative estimate of drug-likeness (QED) is 0.527. The molecule has 2 N–H and O–H groups in total. The van der Waals surface area contributed by atoms with Crippen molar-refractivity contribution in [2.24, 2.45) is 17.8 Å². The number of carbonyl (C=O) groups excluding carboxylic acids is 1. The average Bonchev–Trinajstić information content (AvgIpc) is 2.24. The van der Waals surface area contributed by atoms with E-state index in [2.05, 4.69) is 0 Å². The van der Waals surface area contributed by atoms with Crippen LogP contribution in [0.5, 0.6) is 0 Å². The summed E-state index contributed by atoms with van der Waals surface area (Å²) in [5, 5.41) is 18.4. The monoisotopic (exact) mass is 246 g/mol. The van der Waals surface area contributed by atoms with E-state index >= 15 is 0 Å². The predicted molar refractivity (Wildman–Crippen MR) is 62.1 cm³/mol. The van der Waals surface area contributed by atoms with Crippen molar-refractivity contribution in [3.63, 3.8) is 0 Å². The standard InChI is InChI=1S/C12H22O5/c1-5-9(8(4)11(14)15)6-10(13)17-12(16)7(2)3/h7-10,13H,5-6H2,1-4H3,(H,14,15). The van der Waals surface area contributed by atoms with Crippen molar-refractivity contribution >= 4 is 11.9 Å². The normalized spacial score (nSPS) is 16.4. The molecule has 0 aromatic carbocycles. The number of ether oxygens (including phenoxy) is 1. The van der Waals surface area contributed by atoms with E-state index in [4.69, 9.17) is 9.84 Å². The SMILES string of the molecule is CCC(CC(O)OC(=O)C(C)C)C(C)C(=O)O. The molecule has 0 saturated carbocycles. The van der Waals surface area contributed by atoms with Gasteiger partial charge in [-0.1, -0.05) is 34.1 Å². The van der Waals surface area contributed by atoms with Crippen LogP contribution in [0.3, 0.4) is 0 Å². The second-order valence-electron chi connectivity index (χ2n) is 4.58. The fraction of sp³-hybridized carbons (Fsp3) is 0.833. The van der Waals surface area contributed by atoms with Gasteiger partial charge in [-0.05, 0) is 5.92 Å². The molecule has 0 radical (unpaired) electrons. The third kappa shape index (κ3) is 5.68. The third-order valence-corrected chi connectivity index (χ3v) is 2.85. The molecule has 0 aromatic heterocycles. The van der Waals surface area contributed by atoms with Crippen molar-refractivity contribution in [2.75, 3.05) is 0 Å². The second-order valence-corrected chi connectivity index (χ2v) is 4.58. The molecule has 17 heavy (non-hydrogen) atoms. The highest BCUT2D eigenvalue weighted by Gasteiger charge is 2.26. The van der Waals surface area contributed by atoms with E-state index in [9.17, 15) is 14.7 Å². The zero-order chi connectivity index (χ0) is 13.6. The molecule has 0 aliphatic heterocycles. The van der Waals surface area contributed by atoms with E-state index < -0.39 is 24.1 Å². The molecule has 0 aliphatic carbocycles. The summed E-state index contributed by atoms with van der Waals surface area (Å²) in [6.45, 7) is 6.78. The smallest absolute Gasteiger partial charge is 0.310 e. The number of rotatable bonds is 7. The summed E-state index contributed by atoms with van der Waals surface area (Å²) in [7, 11) is 0. The molecule has 0 aliphatic rings. The van der Waals surface area contributed by atoms with E-state index in [1.165, 1.54) is 0 Å². The van der Waals surface area contributed by atoms with Gasteiger partial charge in [-0.2, -0.15) is 0 Å². The highest BCUT2D eigenvalue weighted by Crippen LogP contribution is 2.22. The summed E-state index contributed by atoms with van der Waals surface area (Å²) < 4.78 is 4.80. The number of esters is 1. The number of aliphatic carboxylic acids is 1. The first kappa shape index (κ1) is 15.9. The van der Waals surface area contributed by atoms with Crippen molar-refractivity contribution in [1.82, 2.24) is 0 Å². The molecule has 0 amide bonds. The van der Waals surface area contributed by atoms with Gasteiger partial charge in [0.25, 0.3) is 0 Å². The maximum atomic E-state index is 11.2. The van der Waals surface area contributed by atoms with Crippen LogP contribution in [0.25, 0.3) is 0 Å². The molecule has 5 heteroatoms. The Hall–Kier alpha value is -1.10. The molecule has 0 aromatic rings. The number of carboxylic acids is 1. The fourth-order valence-electron chi connectivity index (χ4n) is 1.50. The lowest BCUT2D eigenvalue weighted by molar-refractivity contribution is -0.175. The van der Waals surface area contributed by atoms with Crippen LogP contribution in [-0.4, -0.2) is 28.4 Å². The Morgan fingerprint density at radius 1 is 1.24 bits per heavy atom. The summed E-state index contributed by atoms with van der Waals surface area (Å²) >= 11 is 0. The summed E-state index contributed by atoms with van der Waals surface area (Å²) in [6.07, 6.45) is -0.455. The maximum Gasteiger partial charge on any atom is 0.310 e. The summed E-state index contributed by atoms with van der Waals surface area (Å²) in [5.41, 5.74) is 0. The molecule has 0 fully saturated rings. The Morgan fingerprint density at radius 2 is 1.76 bits per heavy atom. The van der Waals surface area contributed by atoms with Crippen LogP contribution in [0, 0.1) is 17.8 Å². The van der Waals surface area contributed by atoms with Crippen LogP contribution >= 0.6 is 0 Å². The molecular formula is C12H22O5. The summed E-state index contributed by atoms with van der Waals surface area (Å²) in [6, 6.07) is 0. The molecule has 0 bridgehead atoms. The first-order valence-corrected chi connectivity index (χ1v) is 5.90. The minimum Gasteiger partial charge on any atom is -0.481 e. The Bertz CT molecular complexity index is 262. The van der Waals surface area contributed by atoms with Gasteiger partial charge in [0.2, 0.25) is 6.29 Å². The van der Waals surface area contributed by atoms with Gasteiger partial charge < -0.3 is 14.9 Å². The lowest BCUT2D eigenvalue weighted by atomic mass is 9.88. The Balaban J connectivity index is 4.29. The molecule has 0 saturated heterocycles. The van der Waals surface area contributed by atoms with Gasteiger partial charge in [0.05, 0.1) is 11.8 Å². The number of aliphatic hydroxyl groups excluding tert-OH is 1. The minimum absolute atomic E-state index is 0.155. The van der Waals surface area contributed by atoms with E-state index in [1.54, 1.807) is 20.8 Å². The molecule has 0 heterocycles. The molecule has 100 valence electrons. The van der Waals surface area contributed by atoms with E-state index in [-0.39, 0.29) is 18.3 Å². The lowest BCUT2D eigenvalue weighted by Crippen LogP contribution is -2.28. The van der Waals surface area contributed by atoms with Crippen LogP contribution in [-0.2, 0) is 14.3 Å². The van der Waals surface area contributed by atoms with E-state index in [0.717, 1.165) is 0 Å². The first-order chi connectivity index (χ1) is 7.79. The summed E-state index contributed by atoms with van der Waals surface area (Å²) in [4.78, 5) is 22.1.